The zero-order valence-corrected chi connectivity index (χ0v) is 25.1. The zero-order valence-electron chi connectivity index (χ0n) is 21.2. The molecule has 2 aliphatic heterocycles. The number of ether oxygens (including phenoxy) is 3. The summed E-state index contributed by atoms with van der Waals surface area (Å²) in [6, 6.07) is 11.7. The fraction of sp³-hybridized carbons (Fsp3) is 0.185. The minimum Gasteiger partial charge on any atom is -0.477 e. The number of amides is 2. The van der Waals surface area contributed by atoms with Crippen LogP contribution in [0.3, 0.4) is 0 Å². The van der Waals surface area contributed by atoms with Gasteiger partial charge in [-0.1, -0.05) is 40.9 Å². The van der Waals surface area contributed by atoms with Gasteiger partial charge in [-0.05, 0) is 41.8 Å². The van der Waals surface area contributed by atoms with Crippen LogP contribution in [0.15, 0.2) is 65.2 Å². The van der Waals surface area contributed by atoms with Crippen molar-refractivity contribution in [2.24, 2.45) is 0 Å². The van der Waals surface area contributed by atoms with Crippen molar-refractivity contribution in [1.82, 2.24) is 10.2 Å². The Kier molecular flexibility index (Phi) is 9.19. The Morgan fingerprint density at radius 3 is 2.45 bits per heavy atom. The van der Waals surface area contributed by atoms with Gasteiger partial charge in [0.25, 0.3) is 5.91 Å². The van der Waals surface area contributed by atoms with Crippen LogP contribution in [0, 0.1) is 0 Å². The molecular formula is C27H19Cl3N2O8S2. The lowest BCUT2D eigenvalue weighted by Gasteiger charge is -2.49. The largest absolute Gasteiger partial charge is 0.514 e. The van der Waals surface area contributed by atoms with Crippen molar-refractivity contribution < 1.29 is 38.5 Å². The number of carbonyl (C=O) groups is 4. The Bertz CT molecular complexity index is 1600. The van der Waals surface area contributed by atoms with Gasteiger partial charge in [-0.15, -0.1) is 23.1 Å². The number of thiophene rings is 1. The maximum atomic E-state index is 12.9. The molecule has 2 N–H and O–H groups in total. The predicted molar refractivity (Wildman–Crippen MR) is 158 cm³/mol. The molecule has 0 saturated carbocycles. The van der Waals surface area contributed by atoms with Gasteiger partial charge in [0, 0.05) is 32.3 Å². The first-order valence-corrected chi connectivity index (χ1v) is 15.2. The van der Waals surface area contributed by atoms with Gasteiger partial charge in [-0.2, -0.15) is 0 Å². The van der Waals surface area contributed by atoms with Crippen LogP contribution in [0.4, 0.5) is 4.79 Å². The van der Waals surface area contributed by atoms with E-state index in [9.17, 15) is 24.3 Å². The molecular weight excluding hydrogens is 651 g/mol. The van der Waals surface area contributed by atoms with Crippen molar-refractivity contribution in [2.45, 2.75) is 17.8 Å². The lowest BCUT2D eigenvalue weighted by atomic mass is 10.0. The Morgan fingerprint density at radius 2 is 1.76 bits per heavy atom. The third kappa shape index (κ3) is 6.63. The van der Waals surface area contributed by atoms with E-state index in [2.05, 4.69) is 5.32 Å². The van der Waals surface area contributed by atoms with Gasteiger partial charge in [0.2, 0.25) is 5.91 Å². The standard InChI is InChI=1S/C27H19Cl3N2O8S2/c28-14-3-5-18(17(30)8-14)39-19-6-4-15(29)9-20(19)40-27(37)38-11-13-12-42-25-22(24(34)32(25)23(13)26(35)36)31-21(33)10-16-2-1-7-41-16/h1-9,22,25H,10-12H2,(H,31,33)(H,35,36)/t22?,25-/m0/s1. The third-order valence-electron chi connectivity index (χ3n) is 6.06. The highest BCUT2D eigenvalue weighted by Crippen LogP contribution is 2.41. The fourth-order valence-electron chi connectivity index (χ4n) is 4.18. The lowest BCUT2D eigenvalue weighted by molar-refractivity contribution is -0.150. The van der Waals surface area contributed by atoms with Gasteiger partial charge < -0.3 is 24.6 Å². The highest BCUT2D eigenvalue weighted by atomic mass is 35.5. The Hall–Kier alpha value is -3.42. The molecule has 218 valence electrons. The van der Waals surface area contributed by atoms with Crippen LogP contribution in [-0.4, -0.2) is 57.7 Å². The minimum atomic E-state index is -1.37. The van der Waals surface area contributed by atoms with Crippen molar-refractivity contribution in [3.8, 4) is 17.2 Å². The van der Waals surface area contributed by atoms with Crippen LogP contribution >= 0.6 is 57.9 Å². The molecule has 2 aromatic carbocycles. The molecule has 3 aromatic rings. The summed E-state index contributed by atoms with van der Waals surface area (Å²) >= 11 is 20.8. The van der Waals surface area contributed by atoms with E-state index in [1.807, 2.05) is 17.5 Å². The molecule has 1 aromatic heterocycles. The number of carboxylic acid groups (broad SMARTS) is 1. The van der Waals surface area contributed by atoms with E-state index in [0.717, 1.165) is 9.78 Å². The molecule has 2 amide bonds. The number of benzene rings is 2. The maximum Gasteiger partial charge on any atom is 0.514 e. The molecule has 5 rings (SSSR count). The van der Waals surface area contributed by atoms with Crippen molar-refractivity contribution >= 4 is 81.8 Å². The quantitative estimate of drug-likeness (QED) is 0.160. The SMILES string of the molecule is O=C(Cc1cccs1)NC1C(=O)N2C(C(=O)O)=C(COC(=O)Oc3cc(Cl)ccc3Oc3ccc(Cl)cc3Cl)CS[C@@H]12. The first kappa shape index (κ1) is 30.1. The highest BCUT2D eigenvalue weighted by Gasteiger charge is 2.54. The van der Waals surface area contributed by atoms with Gasteiger partial charge in [0.05, 0.1) is 11.4 Å². The molecule has 10 nitrogen and oxygen atoms in total. The van der Waals surface area contributed by atoms with Crippen molar-refractivity contribution in [3.05, 3.63) is 85.1 Å². The average Bonchev–Trinajstić information content (AvgIpc) is 3.45. The monoisotopic (exact) mass is 668 g/mol. The second-order valence-electron chi connectivity index (χ2n) is 8.88. The molecule has 0 radical (unpaired) electrons. The first-order chi connectivity index (χ1) is 20.1. The lowest BCUT2D eigenvalue weighted by Crippen LogP contribution is -2.70. The van der Waals surface area contributed by atoms with E-state index in [1.54, 1.807) is 6.07 Å². The van der Waals surface area contributed by atoms with Gasteiger partial charge in [-0.3, -0.25) is 14.5 Å². The molecule has 3 heterocycles. The number of halogens is 3. The number of fused-ring (bicyclic) bond motifs is 1. The number of nitrogens with zero attached hydrogens (tertiary/aromatic N) is 1. The molecule has 2 atom stereocenters. The Labute approximate surface area is 262 Å². The molecule has 15 heteroatoms. The summed E-state index contributed by atoms with van der Waals surface area (Å²) in [5.41, 5.74) is -0.114. The van der Waals surface area contributed by atoms with Crippen molar-refractivity contribution in [2.75, 3.05) is 12.4 Å². The first-order valence-electron chi connectivity index (χ1n) is 12.1. The zero-order chi connectivity index (χ0) is 30.0. The van der Waals surface area contributed by atoms with Crippen LogP contribution in [-0.2, 0) is 25.5 Å². The summed E-state index contributed by atoms with van der Waals surface area (Å²) < 4.78 is 16.3. The van der Waals surface area contributed by atoms with Gasteiger partial charge in [-0.25, -0.2) is 9.59 Å². The highest BCUT2D eigenvalue weighted by molar-refractivity contribution is 8.00. The minimum absolute atomic E-state index is 0.0805. The number of hydrogen-bond acceptors (Lipinski definition) is 9. The number of thioether (sulfide) groups is 1. The summed E-state index contributed by atoms with van der Waals surface area (Å²) in [5.74, 6) is -1.87. The predicted octanol–water partition coefficient (Wildman–Crippen LogP) is 6.00. The molecule has 0 aliphatic carbocycles. The number of nitrogens with one attached hydrogen (secondary N) is 1. The Morgan fingerprint density at radius 1 is 1.02 bits per heavy atom. The van der Waals surface area contributed by atoms with E-state index >= 15 is 0 Å². The van der Waals surface area contributed by atoms with E-state index in [-0.39, 0.29) is 56.6 Å². The smallest absolute Gasteiger partial charge is 0.477 e. The molecule has 0 bridgehead atoms. The van der Waals surface area contributed by atoms with Crippen LogP contribution < -0.4 is 14.8 Å². The summed E-state index contributed by atoms with van der Waals surface area (Å²) in [6.07, 6.45) is -1.05. The molecule has 1 unspecified atom stereocenters. The number of carbonyl (C=O) groups excluding carboxylic acids is 3. The number of β-lactam (4-membered cyclic amide) rings is 1. The second kappa shape index (κ2) is 12.8. The Balaban J connectivity index is 1.23. The number of hydrogen-bond donors (Lipinski definition) is 2. The van der Waals surface area contributed by atoms with Crippen LogP contribution in [0.2, 0.25) is 15.1 Å². The molecule has 1 saturated heterocycles. The van der Waals surface area contributed by atoms with Crippen LogP contribution in [0.25, 0.3) is 0 Å². The number of rotatable bonds is 9. The fourth-order valence-corrected chi connectivity index (χ4v) is 6.82. The van der Waals surface area contributed by atoms with Crippen LogP contribution in [0.1, 0.15) is 4.88 Å². The van der Waals surface area contributed by atoms with Gasteiger partial charge >= 0.3 is 12.1 Å². The molecule has 42 heavy (non-hydrogen) atoms. The summed E-state index contributed by atoms with van der Waals surface area (Å²) in [5, 5.41) is 14.7. The molecule has 0 spiro atoms. The van der Waals surface area contributed by atoms with E-state index in [4.69, 9.17) is 49.0 Å². The summed E-state index contributed by atoms with van der Waals surface area (Å²) in [6.45, 7) is -0.459. The number of carboxylic acids is 1. The maximum absolute atomic E-state index is 12.9. The topological polar surface area (TPSA) is 131 Å². The van der Waals surface area contributed by atoms with E-state index < -0.39 is 36.1 Å². The average molecular weight is 670 g/mol. The van der Waals surface area contributed by atoms with E-state index in [1.165, 1.54) is 53.4 Å². The van der Waals surface area contributed by atoms with E-state index in [0.29, 0.717) is 5.02 Å². The van der Waals surface area contributed by atoms with Gasteiger partial charge in [0.1, 0.15) is 29.5 Å². The van der Waals surface area contributed by atoms with Crippen molar-refractivity contribution in [3.63, 3.8) is 0 Å². The molecule has 2 aliphatic rings. The van der Waals surface area contributed by atoms with Gasteiger partial charge in [0.15, 0.2) is 11.5 Å². The summed E-state index contributed by atoms with van der Waals surface area (Å²) in [4.78, 5) is 51.9. The summed E-state index contributed by atoms with van der Waals surface area (Å²) in [7, 11) is 0. The van der Waals surface area contributed by atoms with Crippen LogP contribution in [0.5, 0.6) is 17.2 Å². The molecule has 1 fully saturated rings. The van der Waals surface area contributed by atoms with Crippen molar-refractivity contribution in [1.29, 1.82) is 0 Å². The third-order valence-corrected chi connectivity index (χ3v) is 9.04. The normalized spacial score (nSPS) is 17.7. The second-order valence-corrected chi connectivity index (χ2v) is 12.3. The number of aliphatic carboxylic acids is 1.